The minimum absolute atomic E-state index is 0.0966. The molecule has 0 aliphatic carbocycles. The summed E-state index contributed by atoms with van der Waals surface area (Å²) in [5.41, 5.74) is 8.10. The number of benzene rings is 2. The Kier molecular flexibility index (Phi) is 3.87. The summed E-state index contributed by atoms with van der Waals surface area (Å²) in [6.07, 6.45) is 0.707. The molecule has 5 heteroatoms. The third-order valence-corrected chi connectivity index (χ3v) is 3.77. The lowest BCUT2D eigenvalue weighted by atomic mass is 10.0. The molecule has 0 unspecified atom stereocenters. The monoisotopic (exact) mass is 297 g/mol. The lowest BCUT2D eigenvalue weighted by Crippen LogP contribution is -2.18. The van der Waals surface area contributed by atoms with Gasteiger partial charge < -0.3 is 15.2 Å². The number of hydrazone groups is 1. The van der Waals surface area contributed by atoms with Crippen LogP contribution in [0, 0.1) is 0 Å². The largest absolute Gasteiger partial charge is 0.497 e. The van der Waals surface area contributed by atoms with Gasteiger partial charge in [-0.05, 0) is 42.0 Å². The summed E-state index contributed by atoms with van der Waals surface area (Å²) in [5, 5.41) is 6.43. The normalized spacial score (nSPS) is 17.3. The quantitative estimate of drug-likeness (QED) is 0.942. The maximum Gasteiger partial charge on any atom is 0.122 e. The fourth-order valence-corrected chi connectivity index (χ4v) is 2.59. The minimum atomic E-state index is 0.0966. The van der Waals surface area contributed by atoms with Gasteiger partial charge in [-0.25, -0.2) is 0 Å². The zero-order valence-electron chi connectivity index (χ0n) is 12.7. The second kappa shape index (κ2) is 5.97. The van der Waals surface area contributed by atoms with Crippen LogP contribution in [0.3, 0.4) is 0 Å². The Labute approximate surface area is 129 Å². The Morgan fingerprint density at radius 3 is 2.05 bits per heavy atom. The van der Waals surface area contributed by atoms with Gasteiger partial charge in [-0.15, -0.1) is 0 Å². The van der Waals surface area contributed by atoms with Gasteiger partial charge in [0.25, 0.3) is 0 Å². The number of anilines is 1. The molecule has 1 aliphatic heterocycles. The maximum absolute atomic E-state index is 5.96. The van der Waals surface area contributed by atoms with Gasteiger partial charge >= 0.3 is 0 Å². The molecular formula is C17H19N3O2. The van der Waals surface area contributed by atoms with E-state index in [4.69, 9.17) is 15.2 Å². The van der Waals surface area contributed by atoms with E-state index in [1.54, 1.807) is 14.2 Å². The summed E-state index contributed by atoms with van der Waals surface area (Å²) >= 11 is 0. The van der Waals surface area contributed by atoms with Crippen molar-refractivity contribution in [2.75, 3.05) is 19.2 Å². The first kappa shape index (κ1) is 14.3. The van der Waals surface area contributed by atoms with E-state index in [9.17, 15) is 0 Å². The molecule has 0 radical (unpaired) electrons. The SMILES string of the molecule is COc1ccc([C@@H]2CC(N)=NN2c2ccc(OC)cc2)cc1. The van der Waals surface area contributed by atoms with Crippen molar-refractivity contribution in [2.45, 2.75) is 12.5 Å². The molecule has 22 heavy (non-hydrogen) atoms. The molecule has 0 fully saturated rings. The van der Waals surface area contributed by atoms with Crippen molar-refractivity contribution in [3.05, 3.63) is 54.1 Å². The molecule has 0 aromatic heterocycles. The molecule has 0 amide bonds. The van der Waals surface area contributed by atoms with Gasteiger partial charge in [0.2, 0.25) is 0 Å². The molecule has 2 N–H and O–H groups in total. The van der Waals surface area contributed by atoms with E-state index >= 15 is 0 Å². The zero-order valence-corrected chi connectivity index (χ0v) is 12.7. The molecule has 0 saturated carbocycles. The Morgan fingerprint density at radius 1 is 0.955 bits per heavy atom. The van der Waals surface area contributed by atoms with Crippen LogP contribution < -0.4 is 20.2 Å². The van der Waals surface area contributed by atoms with Crippen molar-refractivity contribution in [3.63, 3.8) is 0 Å². The molecular weight excluding hydrogens is 278 g/mol. The maximum atomic E-state index is 5.96. The molecule has 1 heterocycles. The van der Waals surface area contributed by atoms with Crippen LogP contribution in [-0.2, 0) is 0 Å². The fourth-order valence-electron chi connectivity index (χ4n) is 2.59. The number of hydrogen-bond donors (Lipinski definition) is 1. The van der Waals surface area contributed by atoms with E-state index < -0.39 is 0 Å². The molecule has 0 bridgehead atoms. The number of amidine groups is 1. The van der Waals surface area contributed by atoms with Gasteiger partial charge in [0.05, 0.1) is 25.9 Å². The van der Waals surface area contributed by atoms with Gasteiger partial charge in [-0.2, -0.15) is 5.10 Å². The second-order valence-electron chi connectivity index (χ2n) is 5.13. The molecule has 1 atom stereocenters. The Bertz CT molecular complexity index is 665. The Hall–Kier alpha value is -2.69. The number of nitrogens with zero attached hydrogens (tertiary/aromatic N) is 2. The van der Waals surface area contributed by atoms with Crippen LogP contribution >= 0.6 is 0 Å². The standard InChI is InChI=1S/C17H19N3O2/c1-21-14-7-3-12(4-8-14)16-11-17(18)19-20(16)13-5-9-15(22-2)10-6-13/h3-10,16H,11H2,1-2H3,(H2,18,19)/t16-/m0/s1. The molecule has 3 rings (SSSR count). The van der Waals surface area contributed by atoms with Crippen molar-refractivity contribution in [2.24, 2.45) is 10.8 Å². The highest BCUT2D eigenvalue weighted by Crippen LogP contribution is 2.35. The molecule has 114 valence electrons. The lowest BCUT2D eigenvalue weighted by Gasteiger charge is -2.24. The minimum Gasteiger partial charge on any atom is -0.497 e. The van der Waals surface area contributed by atoms with E-state index in [-0.39, 0.29) is 6.04 Å². The van der Waals surface area contributed by atoms with Gasteiger partial charge in [-0.3, -0.25) is 5.01 Å². The lowest BCUT2D eigenvalue weighted by molar-refractivity contribution is 0.414. The van der Waals surface area contributed by atoms with E-state index in [1.165, 1.54) is 0 Å². The van der Waals surface area contributed by atoms with E-state index in [2.05, 4.69) is 5.10 Å². The van der Waals surface area contributed by atoms with Gasteiger partial charge in [0.1, 0.15) is 17.3 Å². The van der Waals surface area contributed by atoms with Crippen LogP contribution in [0.15, 0.2) is 53.6 Å². The summed E-state index contributed by atoms with van der Waals surface area (Å²) in [6, 6.07) is 15.9. The fraction of sp³-hybridized carbons (Fsp3) is 0.235. The Morgan fingerprint density at radius 2 is 1.50 bits per heavy atom. The van der Waals surface area contributed by atoms with E-state index in [1.807, 2.05) is 53.5 Å². The molecule has 0 spiro atoms. The van der Waals surface area contributed by atoms with Crippen molar-refractivity contribution < 1.29 is 9.47 Å². The van der Waals surface area contributed by atoms with Crippen LogP contribution in [0.4, 0.5) is 5.69 Å². The summed E-state index contributed by atoms with van der Waals surface area (Å²) in [5.74, 6) is 2.30. The van der Waals surface area contributed by atoms with Crippen LogP contribution in [-0.4, -0.2) is 20.1 Å². The first-order valence-electron chi connectivity index (χ1n) is 7.11. The van der Waals surface area contributed by atoms with E-state index in [0.29, 0.717) is 12.3 Å². The predicted molar refractivity (Wildman–Crippen MR) is 87.4 cm³/mol. The Balaban J connectivity index is 1.89. The smallest absolute Gasteiger partial charge is 0.122 e. The van der Waals surface area contributed by atoms with Gasteiger partial charge in [-0.1, -0.05) is 12.1 Å². The number of rotatable bonds is 4. The number of nitrogens with two attached hydrogens (primary N) is 1. The number of ether oxygens (including phenoxy) is 2. The number of methoxy groups -OCH3 is 2. The molecule has 5 nitrogen and oxygen atoms in total. The summed E-state index contributed by atoms with van der Waals surface area (Å²) < 4.78 is 10.4. The summed E-state index contributed by atoms with van der Waals surface area (Å²) in [6.45, 7) is 0. The second-order valence-corrected chi connectivity index (χ2v) is 5.13. The highest BCUT2D eigenvalue weighted by Gasteiger charge is 2.28. The zero-order chi connectivity index (χ0) is 15.5. The third-order valence-electron chi connectivity index (χ3n) is 3.77. The van der Waals surface area contributed by atoms with Crippen LogP contribution in [0.1, 0.15) is 18.0 Å². The van der Waals surface area contributed by atoms with Crippen molar-refractivity contribution in [3.8, 4) is 11.5 Å². The highest BCUT2D eigenvalue weighted by molar-refractivity contribution is 5.85. The van der Waals surface area contributed by atoms with Gasteiger partial charge in [0.15, 0.2) is 0 Å². The topological polar surface area (TPSA) is 60.1 Å². The predicted octanol–water partition coefficient (Wildman–Crippen LogP) is 2.93. The summed E-state index contributed by atoms with van der Waals surface area (Å²) in [4.78, 5) is 0. The van der Waals surface area contributed by atoms with Crippen molar-refractivity contribution in [1.29, 1.82) is 0 Å². The first-order valence-corrected chi connectivity index (χ1v) is 7.11. The van der Waals surface area contributed by atoms with Crippen LogP contribution in [0.25, 0.3) is 0 Å². The van der Waals surface area contributed by atoms with Crippen molar-refractivity contribution in [1.82, 2.24) is 0 Å². The third kappa shape index (κ3) is 2.70. The van der Waals surface area contributed by atoms with E-state index in [0.717, 1.165) is 22.7 Å². The molecule has 2 aromatic rings. The van der Waals surface area contributed by atoms with Crippen LogP contribution in [0.2, 0.25) is 0 Å². The summed E-state index contributed by atoms with van der Waals surface area (Å²) in [7, 11) is 3.32. The van der Waals surface area contributed by atoms with Gasteiger partial charge in [0, 0.05) is 6.42 Å². The molecule has 2 aromatic carbocycles. The first-order chi connectivity index (χ1) is 10.7. The number of hydrogen-bond acceptors (Lipinski definition) is 5. The average Bonchev–Trinajstić information content (AvgIpc) is 2.97. The van der Waals surface area contributed by atoms with Crippen molar-refractivity contribution >= 4 is 11.5 Å². The highest BCUT2D eigenvalue weighted by atomic mass is 16.5. The molecule has 1 aliphatic rings. The molecule has 0 saturated heterocycles. The van der Waals surface area contributed by atoms with Crippen LogP contribution in [0.5, 0.6) is 11.5 Å². The average molecular weight is 297 g/mol.